The summed E-state index contributed by atoms with van der Waals surface area (Å²) < 4.78 is 18.7. The minimum absolute atomic E-state index is 0.219. The van der Waals surface area contributed by atoms with Crippen LogP contribution in [0.3, 0.4) is 0 Å². The van der Waals surface area contributed by atoms with Crippen molar-refractivity contribution in [2.75, 3.05) is 13.2 Å². The Kier molecular flexibility index (Phi) is 7.13. The summed E-state index contributed by atoms with van der Waals surface area (Å²) in [5.74, 6) is -1.41. The van der Waals surface area contributed by atoms with E-state index in [1.807, 2.05) is 0 Å². The van der Waals surface area contributed by atoms with Crippen molar-refractivity contribution in [1.29, 1.82) is 5.26 Å². The number of carbonyl (C=O) groups excluding carboxylic acids is 2. The van der Waals surface area contributed by atoms with Crippen LogP contribution >= 0.6 is 0 Å². The third-order valence-corrected chi connectivity index (χ3v) is 4.81. The maximum atomic E-state index is 13.4. The molecule has 6 heteroatoms. The molecule has 3 aromatic carbocycles. The van der Waals surface area contributed by atoms with E-state index in [2.05, 4.69) is 6.07 Å². The van der Waals surface area contributed by atoms with E-state index >= 15 is 0 Å². The fourth-order valence-corrected chi connectivity index (χ4v) is 3.24. The smallest absolute Gasteiger partial charge is 0.339 e. The number of likely N-dealkylation sites (N-methyl/N-ethyl adjacent to an activating group) is 1. The van der Waals surface area contributed by atoms with Crippen LogP contribution in [0.2, 0.25) is 0 Å². The summed E-state index contributed by atoms with van der Waals surface area (Å²) in [5, 5.41) is 9.37. The van der Waals surface area contributed by atoms with Gasteiger partial charge in [-0.05, 0) is 42.3 Å². The number of nitriles is 1. The molecule has 5 nitrogen and oxygen atoms in total. The van der Waals surface area contributed by atoms with Crippen molar-refractivity contribution < 1.29 is 18.7 Å². The van der Waals surface area contributed by atoms with Crippen molar-refractivity contribution in [3.8, 4) is 17.2 Å². The van der Waals surface area contributed by atoms with Gasteiger partial charge in [0.2, 0.25) is 0 Å². The second kappa shape index (κ2) is 10.2. The Bertz CT molecular complexity index is 1140. The molecule has 0 spiro atoms. The Hall–Kier alpha value is -3.98. The zero-order valence-electron chi connectivity index (χ0n) is 17.0. The van der Waals surface area contributed by atoms with Crippen molar-refractivity contribution in [3.63, 3.8) is 0 Å². The zero-order valence-corrected chi connectivity index (χ0v) is 17.0. The van der Waals surface area contributed by atoms with E-state index in [4.69, 9.17) is 4.74 Å². The van der Waals surface area contributed by atoms with Crippen molar-refractivity contribution in [2.45, 2.75) is 13.5 Å². The van der Waals surface area contributed by atoms with Gasteiger partial charge in [0, 0.05) is 18.7 Å². The molecule has 0 bridgehead atoms. The van der Waals surface area contributed by atoms with Crippen LogP contribution in [0.4, 0.5) is 4.39 Å². The number of ether oxygens (including phenoxy) is 1. The summed E-state index contributed by atoms with van der Waals surface area (Å²) in [6, 6.07) is 21.9. The fourth-order valence-electron chi connectivity index (χ4n) is 3.24. The van der Waals surface area contributed by atoms with Crippen LogP contribution in [0.25, 0.3) is 11.1 Å². The molecule has 0 aliphatic heterocycles. The molecule has 0 fully saturated rings. The van der Waals surface area contributed by atoms with Gasteiger partial charge in [0.15, 0.2) is 6.61 Å². The Labute approximate surface area is 180 Å². The van der Waals surface area contributed by atoms with E-state index < -0.39 is 12.6 Å². The highest BCUT2D eigenvalue weighted by Gasteiger charge is 2.19. The van der Waals surface area contributed by atoms with Gasteiger partial charge in [-0.1, -0.05) is 48.5 Å². The first-order valence-corrected chi connectivity index (χ1v) is 9.81. The first-order valence-electron chi connectivity index (χ1n) is 9.81. The number of benzene rings is 3. The predicted molar refractivity (Wildman–Crippen MR) is 114 cm³/mol. The van der Waals surface area contributed by atoms with Gasteiger partial charge in [0.25, 0.3) is 5.91 Å². The molecule has 1 amide bonds. The highest BCUT2D eigenvalue weighted by atomic mass is 19.1. The molecule has 0 aromatic heterocycles. The lowest BCUT2D eigenvalue weighted by molar-refractivity contribution is -0.134. The van der Waals surface area contributed by atoms with E-state index in [9.17, 15) is 19.2 Å². The van der Waals surface area contributed by atoms with E-state index in [-0.39, 0.29) is 23.8 Å². The second-order valence-electron chi connectivity index (χ2n) is 6.82. The first-order chi connectivity index (χ1) is 15.0. The average molecular weight is 416 g/mol. The van der Waals surface area contributed by atoms with Crippen molar-refractivity contribution in [3.05, 3.63) is 95.3 Å². The molecule has 0 heterocycles. The van der Waals surface area contributed by atoms with E-state index in [0.29, 0.717) is 28.8 Å². The van der Waals surface area contributed by atoms with Crippen LogP contribution in [0.1, 0.15) is 28.4 Å². The van der Waals surface area contributed by atoms with Gasteiger partial charge in [-0.2, -0.15) is 5.26 Å². The van der Waals surface area contributed by atoms with Crippen LogP contribution in [0.5, 0.6) is 0 Å². The molecule has 0 N–H and O–H groups in total. The summed E-state index contributed by atoms with van der Waals surface area (Å²) in [6.07, 6.45) is 0. The molecule has 3 aromatic rings. The van der Waals surface area contributed by atoms with Gasteiger partial charge in [0.1, 0.15) is 5.82 Å². The maximum absolute atomic E-state index is 13.4. The lowest BCUT2D eigenvalue weighted by Crippen LogP contribution is -2.34. The summed E-state index contributed by atoms with van der Waals surface area (Å²) >= 11 is 0. The molecular weight excluding hydrogens is 395 g/mol. The van der Waals surface area contributed by atoms with E-state index in [0.717, 1.165) is 0 Å². The molecule has 0 atom stereocenters. The maximum Gasteiger partial charge on any atom is 0.339 e. The Balaban J connectivity index is 1.72. The monoisotopic (exact) mass is 416 g/mol. The van der Waals surface area contributed by atoms with Gasteiger partial charge in [-0.3, -0.25) is 4.79 Å². The topological polar surface area (TPSA) is 70.4 Å². The van der Waals surface area contributed by atoms with Gasteiger partial charge in [-0.15, -0.1) is 0 Å². The molecule has 0 aliphatic carbocycles. The van der Waals surface area contributed by atoms with Gasteiger partial charge >= 0.3 is 5.97 Å². The van der Waals surface area contributed by atoms with Crippen LogP contribution in [-0.4, -0.2) is 29.9 Å². The molecule has 0 saturated heterocycles. The zero-order chi connectivity index (χ0) is 22.2. The molecule has 3 rings (SSSR count). The Morgan fingerprint density at radius 3 is 2.42 bits per heavy atom. The van der Waals surface area contributed by atoms with Crippen molar-refractivity contribution in [1.82, 2.24) is 4.90 Å². The average Bonchev–Trinajstić information content (AvgIpc) is 2.80. The predicted octanol–water partition coefficient (Wildman–Crippen LogP) is 4.57. The van der Waals surface area contributed by atoms with Crippen LogP contribution < -0.4 is 0 Å². The SMILES string of the molecule is CCN(Cc1cccc(F)c1)C(=O)COC(=O)c1ccccc1-c1ccccc1C#N. The van der Waals surface area contributed by atoms with Gasteiger partial charge in [0.05, 0.1) is 17.2 Å². The van der Waals surface area contributed by atoms with Crippen LogP contribution in [0, 0.1) is 17.1 Å². The molecule has 0 unspecified atom stereocenters. The molecular formula is C25H21FN2O3. The highest BCUT2D eigenvalue weighted by molar-refractivity contribution is 5.98. The standard InChI is InChI=1S/C25H21FN2O3/c1-2-28(16-18-8-7-10-20(26)14-18)24(29)17-31-25(30)23-13-6-5-12-22(23)21-11-4-3-9-19(21)15-27/h3-14H,2,16-17H2,1H3. The number of rotatable bonds is 7. The summed E-state index contributed by atoms with van der Waals surface area (Å²) in [5.41, 5.74) is 2.53. The number of esters is 1. The van der Waals surface area contributed by atoms with Crippen LogP contribution in [-0.2, 0) is 16.1 Å². The lowest BCUT2D eigenvalue weighted by Gasteiger charge is -2.21. The normalized spacial score (nSPS) is 10.2. The first kappa shape index (κ1) is 21.7. The van der Waals surface area contributed by atoms with Crippen molar-refractivity contribution in [2.24, 2.45) is 0 Å². The highest BCUT2D eigenvalue weighted by Crippen LogP contribution is 2.27. The third-order valence-electron chi connectivity index (χ3n) is 4.81. The van der Waals surface area contributed by atoms with Crippen LogP contribution in [0.15, 0.2) is 72.8 Å². The number of hydrogen-bond donors (Lipinski definition) is 0. The Morgan fingerprint density at radius 1 is 1.00 bits per heavy atom. The number of halogens is 1. The van der Waals surface area contributed by atoms with Gasteiger partial charge in [-0.25, -0.2) is 9.18 Å². The van der Waals surface area contributed by atoms with E-state index in [1.54, 1.807) is 67.6 Å². The second-order valence-corrected chi connectivity index (χ2v) is 6.82. The quantitative estimate of drug-likeness (QED) is 0.529. The summed E-state index contributed by atoms with van der Waals surface area (Å²) in [4.78, 5) is 26.8. The number of carbonyl (C=O) groups is 2. The molecule has 156 valence electrons. The third kappa shape index (κ3) is 5.34. The Morgan fingerprint density at radius 2 is 1.71 bits per heavy atom. The fraction of sp³-hybridized carbons (Fsp3) is 0.160. The lowest BCUT2D eigenvalue weighted by atomic mass is 9.96. The summed E-state index contributed by atoms with van der Waals surface area (Å²) in [6.45, 7) is 1.97. The minimum Gasteiger partial charge on any atom is -0.452 e. The number of nitrogens with zero attached hydrogens (tertiary/aromatic N) is 2. The molecule has 0 radical (unpaired) electrons. The largest absolute Gasteiger partial charge is 0.452 e. The number of amides is 1. The minimum atomic E-state index is -0.654. The molecule has 31 heavy (non-hydrogen) atoms. The summed E-state index contributed by atoms with van der Waals surface area (Å²) in [7, 11) is 0. The van der Waals surface area contributed by atoms with Gasteiger partial charge < -0.3 is 9.64 Å². The molecule has 0 saturated carbocycles. The number of hydrogen-bond acceptors (Lipinski definition) is 4. The van der Waals surface area contributed by atoms with E-state index in [1.165, 1.54) is 17.0 Å². The molecule has 0 aliphatic rings. The van der Waals surface area contributed by atoms with Crippen molar-refractivity contribution >= 4 is 11.9 Å².